The summed E-state index contributed by atoms with van der Waals surface area (Å²) in [6.07, 6.45) is 2.62. The Morgan fingerprint density at radius 2 is 2.25 bits per heavy atom. The van der Waals surface area contributed by atoms with Crippen LogP contribution in [0.5, 0.6) is 0 Å². The van der Waals surface area contributed by atoms with Crippen molar-refractivity contribution in [1.29, 1.82) is 0 Å². The van der Waals surface area contributed by atoms with Gasteiger partial charge in [-0.15, -0.1) is 0 Å². The van der Waals surface area contributed by atoms with Crippen LogP contribution in [-0.4, -0.2) is 36.6 Å². The van der Waals surface area contributed by atoms with Crippen LogP contribution in [-0.2, 0) is 0 Å². The molecule has 1 aliphatic heterocycles. The van der Waals surface area contributed by atoms with E-state index >= 15 is 0 Å². The Morgan fingerprint density at radius 3 is 2.83 bits per heavy atom. The van der Waals surface area contributed by atoms with Crippen molar-refractivity contribution >= 4 is 0 Å². The quantitative estimate of drug-likeness (QED) is 0.690. The van der Waals surface area contributed by atoms with Crippen molar-refractivity contribution in [2.45, 2.75) is 45.7 Å². The summed E-state index contributed by atoms with van der Waals surface area (Å²) in [5.41, 5.74) is 0. The predicted molar refractivity (Wildman–Crippen MR) is 53.4 cm³/mol. The van der Waals surface area contributed by atoms with Gasteiger partial charge in [0.2, 0.25) is 0 Å². The fourth-order valence-corrected chi connectivity index (χ4v) is 1.86. The highest BCUT2D eigenvalue weighted by Crippen LogP contribution is 2.07. The lowest BCUT2D eigenvalue weighted by Crippen LogP contribution is -2.52. The van der Waals surface area contributed by atoms with Gasteiger partial charge in [0.05, 0.1) is 0 Å². The summed E-state index contributed by atoms with van der Waals surface area (Å²) in [6.45, 7) is 10.5. The van der Waals surface area contributed by atoms with Gasteiger partial charge in [0.15, 0.2) is 0 Å². The molecule has 0 amide bonds. The highest BCUT2D eigenvalue weighted by Gasteiger charge is 2.19. The van der Waals surface area contributed by atoms with E-state index in [0.29, 0.717) is 6.04 Å². The molecule has 0 radical (unpaired) electrons. The summed E-state index contributed by atoms with van der Waals surface area (Å²) in [6, 6.07) is 1.46. The van der Waals surface area contributed by atoms with Crippen molar-refractivity contribution in [2.75, 3.05) is 19.6 Å². The van der Waals surface area contributed by atoms with Crippen LogP contribution in [0.25, 0.3) is 0 Å². The molecule has 0 bridgehead atoms. The highest BCUT2D eigenvalue weighted by molar-refractivity contribution is 4.79. The molecular formula is C10H22N2. The Morgan fingerprint density at radius 1 is 1.50 bits per heavy atom. The average Bonchev–Trinajstić information content (AvgIpc) is 2.05. The minimum Gasteiger partial charge on any atom is -0.311 e. The first-order valence-corrected chi connectivity index (χ1v) is 5.21. The molecule has 72 valence electrons. The molecule has 1 heterocycles. The van der Waals surface area contributed by atoms with Crippen molar-refractivity contribution in [3.8, 4) is 0 Å². The molecule has 0 aromatic heterocycles. The van der Waals surface area contributed by atoms with Gasteiger partial charge in [-0.3, -0.25) is 4.90 Å². The SMILES string of the molecule is CCCC1CN(C(C)C)CCN1. The molecule has 12 heavy (non-hydrogen) atoms. The Bertz CT molecular complexity index is 121. The predicted octanol–water partition coefficient (Wildman–Crippen LogP) is 1.47. The summed E-state index contributed by atoms with van der Waals surface area (Å²) in [5.74, 6) is 0. The van der Waals surface area contributed by atoms with Crippen LogP contribution in [0.2, 0.25) is 0 Å². The fourth-order valence-electron chi connectivity index (χ4n) is 1.86. The standard InChI is InChI=1S/C10H22N2/c1-4-5-10-8-12(9(2)3)7-6-11-10/h9-11H,4-8H2,1-3H3. The number of hydrogen-bond acceptors (Lipinski definition) is 2. The molecule has 0 aromatic rings. The minimum absolute atomic E-state index is 0.714. The van der Waals surface area contributed by atoms with Gasteiger partial charge in [0, 0.05) is 31.7 Å². The van der Waals surface area contributed by atoms with Crippen molar-refractivity contribution in [2.24, 2.45) is 0 Å². The first kappa shape index (κ1) is 10.0. The summed E-state index contributed by atoms with van der Waals surface area (Å²) in [7, 11) is 0. The molecule has 1 aliphatic rings. The molecule has 1 saturated heterocycles. The van der Waals surface area contributed by atoms with Crippen LogP contribution in [0.15, 0.2) is 0 Å². The summed E-state index contributed by atoms with van der Waals surface area (Å²) < 4.78 is 0. The zero-order valence-electron chi connectivity index (χ0n) is 8.64. The molecule has 1 fully saturated rings. The van der Waals surface area contributed by atoms with Crippen molar-refractivity contribution in [1.82, 2.24) is 10.2 Å². The number of nitrogens with one attached hydrogen (secondary N) is 1. The molecule has 0 aliphatic carbocycles. The van der Waals surface area contributed by atoms with Crippen LogP contribution in [0.3, 0.4) is 0 Å². The molecule has 2 nitrogen and oxygen atoms in total. The highest BCUT2D eigenvalue weighted by atomic mass is 15.2. The molecule has 2 heteroatoms. The number of rotatable bonds is 3. The first-order chi connectivity index (χ1) is 5.74. The van der Waals surface area contributed by atoms with Gasteiger partial charge in [-0.1, -0.05) is 13.3 Å². The van der Waals surface area contributed by atoms with Crippen LogP contribution >= 0.6 is 0 Å². The van der Waals surface area contributed by atoms with E-state index in [-0.39, 0.29) is 0 Å². The number of nitrogens with zero attached hydrogens (tertiary/aromatic N) is 1. The lowest BCUT2D eigenvalue weighted by molar-refractivity contribution is 0.157. The van der Waals surface area contributed by atoms with Crippen molar-refractivity contribution in [3.05, 3.63) is 0 Å². The number of hydrogen-bond donors (Lipinski definition) is 1. The molecule has 1 N–H and O–H groups in total. The van der Waals surface area contributed by atoms with Gasteiger partial charge in [0.25, 0.3) is 0 Å². The molecule has 0 spiro atoms. The Balaban J connectivity index is 2.30. The Kier molecular flexibility index (Phi) is 4.02. The number of piperazine rings is 1. The third-order valence-electron chi connectivity index (χ3n) is 2.65. The summed E-state index contributed by atoms with van der Waals surface area (Å²) in [4.78, 5) is 2.57. The van der Waals surface area contributed by atoms with Gasteiger partial charge in [0.1, 0.15) is 0 Å². The van der Waals surface area contributed by atoms with Gasteiger partial charge >= 0.3 is 0 Å². The van der Waals surface area contributed by atoms with E-state index in [1.54, 1.807) is 0 Å². The smallest absolute Gasteiger partial charge is 0.0195 e. The topological polar surface area (TPSA) is 15.3 Å². The zero-order chi connectivity index (χ0) is 8.97. The van der Waals surface area contributed by atoms with Crippen LogP contribution in [0.1, 0.15) is 33.6 Å². The lowest BCUT2D eigenvalue weighted by atomic mass is 10.1. The van der Waals surface area contributed by atoms with E-state index in [9.17, 15) is 0 Å². The fraction of sp³-hybridized carbons (Fsp3) is 1.00. The Hall–Kier alpha value is -0.0800. The average molecular weight is 170 g/mol. The van der Waals surface area contributed by atoms with Crippen LogP contribution in [0.4, 0.5) is 0 Å². The Labute approximate surface area is 76.3 Å². The second-order valence-electron chi connectivity index (χ2n) is 4.03. The van der Waals surface area contributed by atoms with Crippen molar-refractivity contribution in [3.63, 3.8) is 0 Å². The summed E-state index contributed by atoms with van der Waals surface area (Å²) >= 11 is 0. The molecule has 1 unspecified atom stereocenters. The first-order valence-electron chi connectivity index (χ1n) is 5.21. The van der Waals surface area contributed by atoms with E-state index in [1.165, 1.54) is 32.5 Å². The molecule has 1 rings (SSSR count). The monoisotopic (exact) mass is 170 g/mol. The van der Waals surface area contributed by atoms with E-state index in [4.69, 9.17) is 0 Å². The molecule has 0 aromatic carbocycles. The second kappa shape index (κ2) is 4.83. The van der Waals surface area contributed by atoms with E-state index in [1.807, 2.05) is 0 Å². The molecule has 1 atom stereocenters. The van der Waals surface area contributed by atoms with E-state index < -0.39 is 0 Å². The second-order valence-corrected chi connectivity index (χ2v) is 4.03. The van der Waals surface area contributed by atoms with Gasteiger partial charge in [-0.05, 0) is 20.3 Å². The molecular weight excluding hydrogens is 148 g/mol. The van der Waals surface area contributed by atoms with E-state index in [2.05, 4.69) is 31.0 Å². The third-order valence-corrected chi connectivity index (χ3v) is 2.65. The molecule has 0 saturated carbocycles. The van der Waals surface area contributed by atoms with Crippen molar-refractivity contribution < 1.29 is 0 Å². The zero-order valence-corrected chi connectivity index (χ0v) is 8.64. The van der Waals surface area contributed by atoms with Gasteiger partial charge in [-0.2, -0.15) is 0 Å². The van der Waals surface area contributed by atoms with Crippen LogP contribution in [0, 0.1) is 0 Å². The third kappa shape index (κ3) is 2.76. The minimum atomic E-state index is 0.714. The summed E-state index contributed by atoms with van der Waals surface area (Å²) in [5, 5.41) is 3.56. The maximum atomic E-state index is 3.56. The van der Waals surface area contributed by atoms with Crippen LogP contribution < -0.4 is 5.32 Å². The lowest BCUT2D eigenvalue weighted by Gasteiger charge is -2.36. The van der Waals surface area contributed by atoms with Gasteiger partial charge < -0.3 is 5.32 Å². The maximum Gasteiger partial charge on any atom is 0.0195 e. The largest absolute Gasteiger partial charge is 0.311 e. The van der Waals surface area contributed by atoms with E-state index in [0.717, 1.165) is 6.04 Å². The maximum absolute atomic E-state index is 3.56. The van der Waals surface area contributed by atoms with Gasteiger partial charge in [-0.25, -0.2) is 0 Å². The normalized spacial score (nSPS) is 26.5.